The van der Waals surface area contributed by atoms with E-state index < -0.39 is 5.97 Å². The number of nitrogens with zero attached hydrogens (tertiary/aromatic N) is 2. The molecule has 1 amide bonds. The van der Waals surface area contributed by atoms with Gasteiger partial charge in [0, 0.05) is 6.42 Å². The molecular weight excluding hydrogens is 282 g/mol. The molecule has 1 heterocycles. The first-order valence-corrected chi connectivity index (χ1v) is 7.17. The summed E-state index contributed by atoms with van der Waals surface area (Å²) in [7, 11) is 0. The van der Waals surface area contributed by atoms with Gasteiger partial charge in [0.15, 0.2) is 0 Å². The number of carbonyl (C=O) groups excluding carboxylic acids is 1. The molecular formula is C16H19N3O3. The SMILES string of the molecule is CCc1c(NC(=O)CCC(=O)O)cnn1-c1ccccc1C. The number of hydrogen-bond donors (Lipinski definition) is 2. The van der Waals surface area contributed by atoms with E-state index in [0.29, 0.717) is 12.1 Å². The van der Waals surface area contributed by atoms with Crippen LogP contribution in [0.2, 0.25) is 0 Å². The first-order chi connectivity index (χ1) is 10.5. The number of nitrogens with one attached hydrogen (secondary N) is 1. The van der Waals surface area contributed by atoms with E-state index in [9.17, 15) is 9.59 Å². The molecule has 0 fully saturated rings. The van der Waals surface area contributed by atoms with E-state index in [4.69, 9.17) is 5.11 Å². The van der Waals surface area contributed by atoms with E-state index in [0.717, 1.165) is 16.9 Å². The van der Waals surface area contributed by atoms with E-state index >= 15 is 0 Å². The summed E-state index contributed by atoms with van der Waals surface area (Å²) < 4.78 is 1.81. The first-order valence-electron chi connectivity index (χ1n) is 7.17. The van der Waals surface area contributed by atoms with Gasteiger partial charge in [-0.1, -0.05) is 25.1 Å². The van der Waals surface area contributed by atoms with Crippen LogP contribution < -0.4 is 5.32 Å². The van der Waals surface area contributed by atoms with Crippen molar-refractivity contribution in [3.8, 4) is 5.69 Å². The summed E-state index contributed by atoms with van der Waals surface area (Å²) in [6.45, 7) is 3.99. The van der Waals surface area contributed by atoms with Gasteiger partial charge in [0.05, 0.1) is 29.7 Å². The Balaban J connectivity index is 2.23. The van der Waals surface area contributed by atoms with Crippen LogP contribution in [0.4, 0.5) is 5.69 Å². The Morgan fingerprint density at radius 1 is 1.27 bits per heavy atom. The van der Waals surface area contributed by atoms with Gasteiger partial charge < -0.3 is 10.4 Å². The molecule has 2 N–H and O–H groups in total. The Kier molecular flexibility index (Phi) is 4.93. The minimum absolute atomic E-state index is 0.0476. The maximum absolute atomic E-state index is 11.8. The standard InChI is InChI=1S/C16H19N3O3/c1-3-13-12(18-15(20)8-9-16(21)22)10-17-19(13)14-7-5-4-6-11(14)2/h4-7,10H,3,8-9H2,1-2H3,(H,18,20)(H,21,22). The lowest BCUT2D eigenvalue weighted by Gasteiger charge is -2.10. The Hall–Kier alpha value is -2.63. The number of benzene rings is 1. The van der Waals surface area contributed by atoms with Crippen molar-refractivity contribution in [2.45, 2.75) is 33.1 Å². The number of carboxylic acids is 1. The third-order valence-corrected chi connectivity index (χ3v) is 3.39. The van der Waals surface area contributed by atoms with Gasteiger partial charge in [0.2, 0.25) is 5.91 Å². The number of aryl methyl sites for hydroxylation is 1. The van der Waals surface area contributed by atoms with Crippen LogP contribution in [-0.4, -0.2) is 26.8 Å². The van der Waals surface area contributed by atoms with Gasteiger partial charge in [-0.3, -0.25) is 9.59 Å². The highest BCUT2D eigenvalue weighted by Crippen LogP contribution is 2.22. The maximum atomic E-state index is 11.8. The van der Waals surface area contributed by atoms with Gasteiger partial charge in [-0.25, -0.2) is 4.68 Å². The highest BCUT2D eigenvalue weighted by molar-refractivity contribution is 5.92. The summed E-state index contributed by atoms with van der Waals surface area (Å²) in [4.78, 5) is 22.3. The normalized spacial score (nSPS) is 10.5. The molecule has 2 rings (SSSR count). The lowest BCUT2D eigenvalue weighted by Crippen LogP contribution is -2.14. The number of carboxylic acid groups (broad SMARTS) is 1. The molecule has 0 aliphatic heterocycles. The fourth-order valence-electron chi connectivity index (χ4n) is 2.26. The van der Waals surface area contributed by atoms with Crippen molar-refractivity contribution in [1.29, 1.82) is 0 Å². The van der Waals surface area contributed by atoms with Crippen LogP contribution in [0.1, 0.15) is 31.0 Å². The molecule has 6 nitrogen and oxygen atoms in total. The second-order valence-corrected chi connectivity index (χ2v) is 5.00. The molecule has 0 radical (unpaired) electrons. The smallest absolute Gasteiger partial charge is 0.303 e. The Morgan fingerprint density at radius 2 is 2.00 bits per heavy atom. The van der Waals surface area contributed by atoms with E-state index in [1.807, 2.05) is 42.8 Å². The molecule has 6 heteroatoms. The second-order valence-electron chi connectivity index (χ2n) is 5.00. The molecule has 0 bridgehead atoms. The quantitative estimate of drug-likeness (QED) is 0.858. The number of aliphatic carboxylic acids is 1. The fraction of sp³-hybridized carbons (Fsp3) is 0.312. The van der Waals surface area contributed by atoms with Crippen LogP contribution >= 0.6 is 0 Å². The molecule has 0 saturated heterocycles. The molecule has 1 aromatic carbocycles. The number of rotatable bonds is 6. The molecule has 0 unspecified atom stereocenters. The monoisotopic (exact) mass is 301 g/mol. The summed E-state index contributed by atoms with van der Waals surface area (Å²) in [6.07, 6.45) is 2.07. The van der Waals surface area contributed by atoms with Gasteiger partial charge in [-0.2, -0.15) is 5.10 Å². The maximum Gasteiger partial charge on any atom is 0.303 e. The van der Waals surface area contributed by atoms with Crippen LogP contribution in [-0.2, 0) is 16.0 Å². The zero-order valence-electron chi connectivity index (χ0n) is 12.7. The summed E-state index contributed by atoms with van der Waals surface area (Å²) in [5.41, 5.74) is 3.56. The molecule has 0 spiro atoms. The van der Waals surface area contributed by atoms with Crippen LogP contribution in [0.25, 0.3) is 5.69 Å². The van der Waals surface area contributed by atoms with Crippen molar-refractivity contribution in [2.75, 3.05) is 5.32 Å². The highest BCUT2D eigenvalue weighted by atomic mass is 16.4. The highest BCUT2D eigenvalue weighted by Gasteiger charge is 2.14. The number of anilines is 1. The van der Waals surface area contributed by atoms with Crippen molar-refractivity contribution in [3.63, 3.8) is 0 Å². The number of carbonyl (C=O) groups is 2. The number of para-hydroxylation sites is 1. The summed E-state index contributed by atoms with van der Waals surface area (Å²) in [5, 5.41) is 15.7. The van der Waals surface area contributed by atoms with Crippen molar-refractivity contribution in [3.05, 3.63) is 41.7 Å². The minimum Gasteiger partial charge on any atom is -0.481 e. The average molecular weight is 301 g/mol. The Morgan fingerprint density at radius 3 is 2.64 bits per heavy atom. The van der Waals surface area contributed by atoms with E-state index in [-0.39, 0.29) is 18.7 Å². The average Bonchev–Trinajstić information content (AvgIpc) is 2.88. The number of hydrogen-bond acceptors (Lipinski definition) is 3. The van der Waals surface area contributed by atoms with Gasteiger partial charge in [-0.15, -0.1) is 0 Å². The van der Waals surface area contributed by atoms with Crippen molar-refractivity contribution in [2.24, 2.45) is 0 Å². The van der Waals surface area contributed by atoms with Crippen molar-refractivity contribution in [1.82, 2.24) is 9.78 Å². The van der Waals surface area contributed by atoms with Crippen LogP contribution in [0.15, 0.2) is 30.5 Å². The Bertz CT molecular complexity index is 692. The van der Waals surface area contributed by atoms with Gasteiger partial charge in [-0.05, 0) is 25.0 Å². The largest absolute Gasteiger partial charge is 0.481 e. The molecule has 0 atom stereocenters. The molecule has 1 aromatic heterocycles. The van der Waals surface area contributed by atoms with E-state index in [2.05, 4.69) is 10.4 Å². The zero-order chi connectivity index (χ0) is 16.1. The minimum atomic E-state index is -0.985. The molecule has 0 aliphatic rings. The molecule has 116 valence electrons. The van der Waals surface area contributed by atoms with Crippen molar-refractivity contribution < 1.29 is 14.7 Å². The zero-order valence-corrected chi connectivity index (χ0v) is 12.7. The van der Waals surface area contributed by atoms with Gasteiger partial charge in [0.1, 0.15) is 0 Å². The van der Waals surface area contributed by atoms with E-state index in [1.165, 1.54) is 0 Å². The topological polar surface area (TPSA) is 84.2 Å². The lowest BCUT2D eigenvalue weighted by molar-refractivity contribution is -0.138. The molecule has 22 heavy (non-hydrogen) atoms. The fourth-order valence-corrected chi connectivity index (χ4v) is 2.26. The summed E-state index contributed by atoms with van der Waals surface area (Å²) in [5.74, 6) is -1.30. The van der Waals surface area contributed by atoms with Gasteiger partial charge in [0.25, 0.3) is 0 Å². The van der Waals surface area contributed by atoms with Crippen molar-refractivity contribution >= 4 is 17.6 Å². The molecule has 0 aliphatic carbocycles. The van der Waals surface area contributed by atoms with Gasteiger partial charge >= 0.3 is 5.97 Å². The lowest BCUT2D eigenvalue weighted by atomic mass is 10.2. The molecule has 2 aromatic rings. The van der Waals surface area contributed by atoms with E-state index in [1.54, 1.807) is 6.20 Å². The summed E-state index contributed by atoms with van der Waals surface area (Å²) in [6, 6.07) is 7.87. The predicted molar refractivity (Wildman–Crippen MR) is 83.2 cm³/mol. The second kappa shape index (κ2) is 6.89. The van der Waals surface area contributed by atoms with Crippen LogP contribution in [0.5, 0.6) is 0 Å². The van der Waals surface area contributed by atoms with Crippen LogP contribution in [0, 0.1) is 6.92 Å². The Labute approximate surface area is 128 Å². The predicted octanol–water partition coefficient (Wildman–Crippen LogP) is 2.55. The van der Waals surface area contributed by atoms with Crippen LogP contribution in [0.3, 0.4) is 0 Å². The third-order valence-electron chi connectivity index (χ3n) is 3.39. The summed E-state index contributed by atoms with van der Waals surface area (Å²) >= 11 is 0. The molecule has 0 saturated carbocycles. The number of aromatic nitrogens is 2. The first kappa shape index (κ1) is 15.8. The number of amides is 1. The third kappa shape index (κ3) is 3.52.